The molecule has 0 saturated carbocycles. The Balaban J connectivity index is 2.25. The Kier molecular flexibility index (Phi) is 6.91. The summed E-state index contributed by atoms with van der Waals surface area (Å²) in [5.41, 5.74) is 17.6. The summed E-state index contributed by atoms with van der Waals surface area (Å²) in [4.78, 5) is 0. The van der Waals surface area contributed by atoms with Crippen LogP contribution in [-0.4, -0.2) is 0 Å². The lowest BCUT2D eigenvalue weighted by molar-refractivity contribution is 0.736. The van der Waals surface area contributed by atoms with E-state index in [0.29, 0.717) is 0 Å². The number of rotatable bonds is 7. The molecule has 1 atom stereocenters. The van der Waals surface area contributed by atoms with Gasteiger partial charge in [-0.25, -0.2) is 0 Å². The van der Waals surface area contributed by atoms with Crippen molar-refractivity contribution in [2.24, 2.45) is 5.73 Å². The van der Waals surface area contributed by atoms with Gasteiger partial charge >= 0.3 is 0 Å². The number of unbranched alkanes of at least 4 members (excludes halogenated alkanes) is 2. The van der Waals surface area contributed by atoms with Crippen molar-refractivity contribution in [3.8, 4) is 0 Å². The van der Waals surface area contributed by atoms with Gasteiger partial charge in [-0.1, -0.05) is 86.4 Å². The predicted octanol–water partition coefficient (Wildman–Crippen LogP) is 7.53. The minimum Gasteiger partial charge on any atom is -0.324 e. The molecular formula is C27H35N. The molecule has 0 bridgehead atoms. The quantitative estimate of drug-likeness (QED) is 0.533. The van der Waals surface area contributed by atoms with Gasteiger partial charge in [0.05, 0.1) is 0 Å². The summed E-state index contributed by atoms with van der Waals surface area (Å²) >= 11 is 0. The number of benzene rings is 2. The monoisotopic (exact) mass is 373 g/mol. The normalized spacial score (nSPS) is 17.0. The molecule has 1 unspecified atom stereocenters. The van der Waals surface area contributed by atoms with Gasteiger partial charge in [0.25, 0.3) is 0 Å². The fraction of sp³-hybridized carbons (Fsp3) is 0.407. The number of hydrogen-bond acceptors (Lipinski definition) is 1. The minimum absolute atomic E-state index is 0.0641. The first kappa shape index (κ1) is 20.6. The van der Waals surface area contributed by atoms with Crippen LogP contribution in [0.5, 0.6) is 0 Å². The van der Waals surface area contributed by atoms with E-state index in [1.807, 2.05) is 0 Å². The molecule has 1 heteroatoms. The Morgan fingerprint density at radius 3 is 2.39 bits per heavy atom. The van der Waals surface area contributed by atoms with Gasteiger partial charge < -0.3 is 5.73 Å². The average molecular weight is 374 g/mol. The lowest BCUT2D eigenvalue weighted by atomic mass is 9.76. The van der Waals surface area contributed by atoms with Gasteiger partial charge in [-0.2, -0.15) is 0 Å². The Hall–Kier alpha value is -2.12. The molecule has 148 valence electrons. The number of hydrogen-bond donors (Lipinski definition) is 1. The molecule has 2 N–H and O–H groups in total. The zero-order valence-electron chi connectivity index (χ0n) is 18.0. The molecule has 28 heavy (non-hydrogen) atoms. The SMILES string of the molecule is CCC/C=C(\CCCC)C1=C(c2ccc(C)cc2)CC(N)c2ccc(C)cc21. The van der Waals surface area contributed by atoms with Crippen LogP contribution in [0.15, 0.2) is 54.1 Å². The van der Waals surface area contributed by atoms with E-state index in [1.165, 1.54) is 63.8 Å². The Morgan fingerprint density at radius 1 is 1.00 bits per heavy atom. The summed E-state index contributed by atoms with van der Waals surface area (Å²) in [5.74, 6) is 0. The van der Waals surface area contributed by atoms with Crippen LogP contribution in [-0.2, 0) is 0 Å². The van der Waals surface area contributed by atoms with Crippen LogP contribution in [0.2, 0.25) is 0 Å². The fourth-order valence-corrected chi connectivity index (χ4v) is 4.20. The second-order valence-electron chi connectivity index (χ2n) is 8.24. The summed E-state index contributed by atoms with van der Waals surface area (Å²) in [6.07, 6.45) is 9.31. The molecule has 2 aromatic carbocycles. The molecule has 0 aromatic heterocycles. The molecule has 1 aliphatic carbocycles. The lowest BCUT2D eigenvalue weighted by Gasteiger charge is -2.30. The number of allylic oxidation sites excluding steroid dienone is 3. The maximum absolute atomic E-state index is 6.66. The summed E-state index contributed by atoms with van der Waals surface area (Å²) < 4.78 is 0. The highest BCUT2D eigenvalue weighted by molar-refractivity contribution is 6.01. The molecule has 0 saturated heterocycles. The van der Waals surface area contributed by atoms with Crippen LogP contribution in [0.1, 0.15) is 86.2 Å². The lowest BCUT2D eigenvalue weighted by Crippen LogP contribution is -2.19. The first-order valence-electron chi connectivity index (χ1n) is 10.9. The topological polar surface area (TPSA) is 26.0 Å². The molecule has 3 rings (SSSR count). The summed E-state index contributed by atoms with van der Waals surface area (Å²) in [7, 11) is 0. The van der Waals surface area contributed by atoms with E-state index in [9.17, 15) is 0 Å². The zero-order valence-corrected chi connectivity index (χ0v) is 18.0. The molecule has 0 amide bonds. The Bertz CT molecular complexity index is 868. The molecule has 0 aliphatic heterocycles. The van der Waals surface area contributed by atoms with Gasteiger partial charge in [0.2, 0.25) is 0 Å². The molecular weight excluding hydrogens is 338 g/mol. The van der Waals surface area contributed by atoms with Crippen molar-refractivity contribution >= 4 is 11.1 Å². The second kappa shape index (κ2) is 9.39. The van der Waals surface area contributed by atoms with Crippen LogP contribution in [0, 0.1) is 13.8 Å². The van der Waals surface area contributed by atoms with Gasteiger partial charge in [-0.3, -0.25) is 0 Å². The van der Waals surface area contributed by atoms with E-state index in [4.69, 9.17) is 5.73 Å². The highest BCUT2D eigenvalue weighted by Gasteiger charge is 2.27. The molecule has 2 aromatic rings. The molecule has 1 aliphatic rings. The van der Waals surface area contributed by atoms with Crippen molar-refractivity contribution in [2.45, 2.75) is 72.3 Å². The number of nitrogens with two attached hydrogens (primary N) is 1. The molecule has 0 fully saturated rings. The molecule has 0 radical (unpaired) electrons. The molecule has 0 heterocycles. The maximum atomic E-state index is 6.66. The standard InChI is InChI=1S/C27H35N/c1-5-7-9-22(10-8-6-2)27-24(21-14-11-19(3)12-15-21)18-26(28)23-16-13-20(4)17-25(23)27/h9,11-17,26H,5-8,10,18,28H2,1-4H3/b22-9+. The van der Waals surface area contributed by atoms with Crippen molar-refractivity contribution < 1.29 is 0 Å². The van der Waals surface area contributed by atoms with E-state index in [-0.39, 0.29) is 6.04 Å². The molecule has 0 spiro atoms. The van der Waals surface area contributed by atoms with Gasteiger partial charge in [0.15, 0.2) is 0 Å². The third kappa shape index (κ3) is 4.47. The first-order valence-corrected chi connectivity index (χ1v) is 10.9. The maximum Gasteiger partial charge on any atom is 0.0342 e. The van der Waals surface area contributed by atoms with Gasteiger partial charge in [0.1, 0.15) is 0 Å². The summed E-state index contributed by atoms with van der Waals surface area (Å²) in [6.45, 7) is 8.88. The minimum atomic E-state index is 0.0641. The molecule has 1 nitrogen and oxygen atoms in total. The fourth-order valence-electron chi connectivity index (χ4n) is 4.20. The summed E-state index contributed by atoms with van der Waals surface area (Å²) in [6, 6.07) is 15.9. The van der Waals surface area contributed by atoms with Gasteiger partial charge in [-0.15, -0.1) is 0 Å². The van der Waals surface area contributed by atoms with E-state index >= 15 is 0 Å². The van der Waals surface area contributed by atoms with Crippen molar-refractivity contribution in [1.29, 1.82) is 0 Å². The third-order valence-electron chi connectivity index (χ3n) is 5.80. The Labute approximate surface area is 171 Å². The van der Waals surface area contributed by atoms with E-state index < -0.39 is 0 Å². The average Bonchev–Trinajstić information content (AvgIpc) is 2.69. The van der Waals surface area contributed by atoms with Gasteiger partial charge in [-0.05, 0) is 72.9 Å². The number of aryl methyl sites for hydroxylation is 2. The van der Waals surface area contributed by atoms with Crippen LogP contribution >= 0.6 is 0 Å². The van der Waals surface area contributed by atoms with E-state index in [1.54, 1.807) is 0 Å². The zero-order chi connectivity index (χ0) is 20.1. The van der Waals surface area contributed by atoms with Crippen LogP contribution in [0.4, 0.5) is 0 Å². The van der Waals surface area contributed by atoms with E-state index in [0.717, 1.165) is 19.3 Å². The van der Waals surface area contributed by atoms with Gasteiger partial charge in [0, 0.05) is 6.04 Å². The van der Waals surface area contributed by atoms with Crippen molar-refractivity contribution in [1.82, 2.24) is 0 Å². The smallest absolute Gasteiger partial charge is 0.0342 e. The Morgan fingerprint density at radius 2 is 1.71 bits per heavy atom. The first-order chi connectivity index (χ1) is 13.5. The van der Waals surface area contributed by atoms with Crippen molar-refractivity contribution in [3.05, 3.63) is 81.9 Å². The highest BCUT2D eigenvalue weighted by atomic mass is 14.6. The predicted molar refractivity (Wildman–Crippen MR) is 123 cm³/mol. The van der Waals surface area contributed by atoms with Crippen LogP contribution in [0.25, 0.3) is 11.1 Å². The van der Waals surface area contributed by atoms with Crippen molar-refractivity contribution in [2.75, 3.05) is 0 Å². The highest BCUT2D eigenvalue weighted by Crippen LogP contribution is 2.45. The third-order valence-corrected chi connectivity index (χ3v) is 5.80. The second-order valence-corrected chi connectivity index (χ2v) is 8.24. The number of fused-ring (bicyclic) bond motifs is 1. The largest absolute Gasteiger partial charge is 0.324 e. The van der Waals surface area contributed by atoms with Crippen LogP contribution in [0.3, 0.4) is 0 Å². The van der Waals surface area contributed by atoms with E-state index in [2.05, 4.69) is 76.2 Å². The van der Waals surface area contributed by atoms with Crippen LogP contribution < -0.4 is 5.73 Å². The summed E-state index contributed by atoms with van der Waals surface area (Å²) in [5, 5.41) is 0. The van der Waals surface area contributed by atoms with Crippen molar-refractivity contribution in [3.63, 3.8) is 0 Å².